The zero-order valence-corrected chi connectivity index (χ0v) is 21.3. The third kappa shape index (κ3) is 6.33. The van der Waals surface area contributed by atoms with Gasteiger partial charge in [0.1, 0.15) is 11.6 Å². The molecule has 0 atom stereocenters. The minimum absolute atomic E-state index is 0.00539. The van der Waals surface area contributed by atoms with Gasteiger partial charge in [-0.2, -0.15) is 0 Å². The Kier molecular flexibility index (Phi) is 7.91. The van der Waals surface area contributed by atoms with E-state index in [2.05, 4.69) is 4.98 Å². The summed E-state index contributed by atoms with van der Waals surface area (Å²) < 4.78 is 45.7. The Labute approximate surface area is 219 Å². The lowest BCUT2D eigenvalue weighted by atomic mass is 10.1. The van der Waals surface area contributed by atoms with Crippen molar-refractivity contribution in [3.05, 3.63) is 132 Å². The lowest BCUT2D eigenvalue weighted by Gasteiger charge is -2.20. The van der Waals surface area contributed by atoms with E-state index in [0.717, 1.165) is 11.1 Å². The van der Waals surface area contributed by atoms with Crippen LogP contribution in [0.2, 0.25) is 0 Å². The molecule has 1 aromatic heterocycles. The van der Waals surface area contributed by atoms with Crippen LogP contribution in [0.4, 0.5) is 4.39 Å². The molecule has 8 heteroatoms. The van der Waals surface area contributed by atoms with Gasteiger partial charge in [0.15, 0.2) is 0 Å². The molecule has 0 saturated carbocycles. The van der Waals surface area contributed by atoms with Gasteiger partial charge in [-0.25, -0.2) is 13.9 Å². The van der Waals surface area contributed by atoms with Crippen molar-refractivity contribution >= 4 is 18.7 Å². The number of fused-ring (bicyclic) bond motifs is 1. The maximum Gasteiger partial charge on any atom is 0.530 e. The van der Waals surface area contributed by atoms with Gasteiger partial charge in [0.05, 0.1) is 31.0 Å². The molecule has 0 aliphatic heterocycles. The molecule has 0 aliphatic carbocycles. The van der Waals surface area contributed by atoms with Crippen LogP contribution in [-0.2, 0) is 33.4 Å². The van der Waals surface area contributed by atoms with Crippen LogP contribution < -0.4 is 4.52 Å². The van der Waals surface area contributed by atoms with Crippen molar-refractivity contribution in [2.45, 2.75) is 19.8 Å². The number of benzene rings is 4. The Balaban J connectivity index is 1.55. The monoisotopic (exact) mass is 529 g/mol. The largest absolute Gasteiger partial charge is 0.530 e. The molecule has 0 aliphatic rings. The summed E-state index contributed by atoms with van der Waals surface area (Å²) in [7, 11) is -4.19. The fourth-order valence-electron chi connectivity index (χ4n) is 3.88. The van der Waals surface area contributed by atoms with E-state index >= 15 is 0 Å². The molecule has 5 aromatic rings. The first-order valence-corrected chi connectivity index (χ1v) is 13.4. The molecule has 0 radical (unpaired) electrons. The fourth-order valence-corrected chi connectivity index (χ4v) is 5.06. The van der Waals surface area contributed by atoms with Gasteiger partial charge in [0.2, 0.25) is 0 Å². The van der Waals surface area contributed by atoms with Crippen LogP contribution in [0.5, 0.6) is 5.75 Å². The van der Waals surface area contributed by atoms with Crippen molar-refractivity contribution < 1.29 is 27.6 Å². The molecule has 0 saturated heterocycles. The fraction of sp³-hybridized carbons (Fsp3) is 0.100. The van der Waals surface area contributed by atoms with Gasteiger partial charge >= 0.3 is 7.82 Å². The van der Waals surface area contributed by atoms with Crippen LogP contribution in [0.25, 0.3) is 22.2 Å². The summed E-state index contributed by atoms with van der Waals surface area (Å²) in [4.78, 5) is 4.64. The number of aliphatic hydroxyl groups is 1. The minimum Gasteiger partial charge on any atom is -0.403 e. The van der Waals surface area contributed by atoms with E-state index in [1.165, 1.54) is 12.1 Å². The number of phosphoric acid groups is 1. The zero-order valence-electron chi connectivity index (χ0n) is 20.4. The average molecular weight is 530 g/mol. The van der Waals surface area contributed by atoms with Crippen LogP contribution in [0, 0.1) is 5.82 Å². The Morgan fingerprint density at radius 2 is 1.39 bits per heavy atom. The molecule has 0 bridgehead atoms. The first-order valence-electron chi connectivity index (χ1n) is 12.0. The third-order valence-corrected chi connectivity index (χ3v) is 7.12. The average Bonchev–Trinajstić information content (AvgIpc) is 2.96. The first kappa shape index (κ1) is 25.8. The smallest absolute Gasteiger partial charge is 0.403 e. The van der Waals surface area contributed by atoms with E-state index in [0.29, 0.717) is 27.7 Å². The number of aliphatic hydroxyl groups excluding tert-OH is 1. The summed E-state index contributed by atoms with van der Waals surface area (Å²) in [5.41, 5.74) is 3.66. The quantitative estimate of drug-likeness (QED) is 0.189. The van der Waals surface area contributed by atoms with E-state index in [-0.39, 0.29) is 25.6 Å². The second-order valence-corrected chi connectivity index (χ2v) is 10.2. The van der Waals surface area contributed by atoms with Gasteiger partial charge in [-0.15, -0.1) is 0 Å². The Morgan fingerprint density at radius 1 is 0.737 bits per heavy atom. The van der Waals surface area contributed by atoms with E-state index < -0.39 is 13.6 Å². The molecule has 6 nitrogen and oxygen atoms in total. The number of rotatable bonds is 10. The van der Waals surface area contributed by atoms with Gasteiger partial charge in [-0.3, -0.25) is 9.05 Å². The van der Waals surface area contributed by atoms with Crippen LogP contribution in [0.1, 0.15) is 16.7 Å². The lowest BCUT2D eigenvalue weighted by Crippen LogP contribution is -2.04. The Morgan fingerprint density at radius 3 is 2.00 bits per heavy atom. The third-order valence-electron chi connectivity index (χ3n) is 5.81. The highest BCUT2D eigenvalue weighted by Crippen LogP contribution is 2.52. The summed E-state index contributed by atoms with van der Waals surface area (Å²) in [5, 5.41) is 10.2. The summed E-state index contributed by atoms with van der Waals surface area (Å²) in [5.74, 6) is -0.237. The van der Waals surface area contributed by atoms with Crippen LogP contribution in [-0.4, -0.2) is 10.1 Å². The number of hydrogen-bond acceptors (Lipinski definition) is 6. The summed E-state index contributed by atoms with van der Waals surface area (Å²) in [6.07, 6.45) is 0. The van der Waals surface area contributed by atoms with Gasteiger partial charge in [0, 0.05) is 17.0 Å². The van der Waals surface area contributed by atoms with Gasteiger partial charge < -0.3 is 9.63 Å². The standard InChI is InChI=1S/C30H25FNO5P/c31-26-13-7-12-25(17-26)29-18-30(27-16-24(19-33)14-15-28(27)32-29)37-38(34,35-20-22-8-3-1-4-9-22)36-21-23-10-5-2-6-11-23/h1-18,33H,19-21H2. The maximum atomic E-state index is 14.0. The second-order valence-electron chi connectivity index (χ2n) is 8.58. The SMILES string of the molecule is O=P(OCc1ccccc1)(OCc1ccccc1)Oc1cc(-c2cccc(F)c2)nc2ccc(CO)cc12. The number of hydrogen-bond donors (Lipinski definition) is 1. The number of halogens is 1. The molecule has 4 aromatic carbocycles. The molecule has 5 rings (SSSR count). The van der Waals surface area contributed by atoms with Crippen molar-refractivity contribution in [2.24, 2.45) is 0 Å². The Bertz CT molecular complexity index is 1530. The molecular weight excluding hydrogens is 504 g/mol. The number of nitrogens with zero attached hydrogens (tertiary/aromatic N) is 1. The molecule has 1 N–H and O–H groups in total. The van der Waals surface area contributed by atoms with Crippen molar-refractivity contribution in [1.29, 1.82) is 0 Å². The predicted octanol–water partition coefficient (Wildman–Crippen LogP) is 7.45. The zero-order chi connectivity index (χ0) is 26.4. The van der Waals surface area contributed by atoms with Crippen molar-refractivity contribution in [1.82, 2.24) is 4.98 Å². The molecule has 0 spiro atoms. The number of aromatic nitrogens is 1. The molecule has 0 fully saturated rings. The van der Waals surface area contributed by atoms with Crippen molar-refractivity contribution in [3.63, 3.8) is 0 Å². The van der Waals surface area contributed by atoms with Crippen LogP contribution in [0.3, 0.4) is 0 Å². The lowest BCUT2D eigenvalue weighted by molar-refractivity contribution is 0.143. The van der Waals surface area contributed by atoms with Crippen LogP contribution in [0.15, 0.2) is 109 Å². The molecule has 1 heterocycles. The molecule has 192 valence electrons. The summed E-state index contributed by atoms with van der Waals surface area (Å²) in [6.45, 7) is -0.211. The highest BCUT2D eigenvalue weighted by Gasteiger charge is 2.30. The van der Waals surface area contributed by atoms with Crippen LogP contribution >= 0.6 is 7.82 Å². The summed E-state index contributed by atoms with van der Waals surface area (Å²) >= 11 is 0. The minimum atomic E-state index is -4.19. The highest BCUT2D eigenvalue weighted by molar-refractivity contribution is 7.48. The van der Waals surface area contributed by atoms with Crippen molar-refractivity contribution in [2.75, 3.05) is 0 Å². The van der Waals surface area contributed by atoms with Gasteiger partial charge in [-0.1, -0.05) is 78.9 Å². The molecule has 0 unspecified atom stereocenters. The highest BCUT2D eigenvalue weighted by atomic mass is 31.2. The first-order chi connectivity index (χ1) is 18.5. The molecular formula is C30H25FNO5P. The van der Waals surface area contributed by atoms with Gasteiger partial charge in [0.25, 0.3) is 0 Å². The molecule has 38 heavy (non-hydrogen) atoms. The van der Waals surface area contributed by atoms with Crippen molar-refractivity contribution in [3.8, 4) is 17.0 Å². The second kappa shape index (κ2) is 11.7. The van der Waals surface area contributed by atoms with E-state index in [9.17, 15) is 14.1 Å². The Hall–Kier alpha value is -3.87. The van der Waals surface area contributed by atoms with E-state index in [1.54, 1.807) is 36.4 Å². The maximum absolute atomic E-state index is 14.0. The number of phosphoric ester groups is 1. The van der Waals surface area contributed by atoms with Gasteiger partial charge in [-0.05, 0) is 41.0 Å². The summed E-state index contributed by atoms with van der Waals surface area (Å²) in [6, 6.07) is 31.3. The van der Waals surface area contributed by atoms with E-state index in [4.69, 9.17) is 13.6 Å². The normalized spacial score (nSPS) is 11.5. The predicted molar refractivity (Wildman–Crippen MR) is 144 cm³/mol. The number of pyridine rings is 1. The van der Waals surface area contributed by atoms with E-state index in [1.807, 2.05) is 60.7 Å². The molecule has 0 amide bonds. The topological polar surface area (TPSA) is 77.9 Å².